The molecule has 0 heterocycles. The summed E-state index contributed by atoms with van der Waals surface area (Å²) in [6.07, 6.45) is -4.69. The molecule has 18 heteroatoms. The Labute approximate surface area is 108 Å². The van der Waals surface area contributed by atoms with E-state index < -0.39 is 34.4 Å². The molecule has 0 fully saturated rings. The van der Waals surface area contributed by atoms with Gasteiger partial charge in [0, 0.05) is 6.42 Å². The van der Waals surface area contributed by atoms with Gasteiger partial charge in [0.15, 0.2) is 0 Å². The third-order valence-electron chi connectivity index (χ3n) is 0.401. The number of hydrogen-bond acceptors (Lipinski definition) is 0. The van der Waals surface area contributed by atoms with Crippen molar-refractivity contribution in [1.82, 2.24) is 0 Å². The van der Waals surface area contributed by atoms with Crippen LogP contribution in [0.3, 0.4) is 0 Å². The second-order valence-corrected chi connectivity index (χ2v) is 2.45. The first-order valence-electron chi connectivity index (χ1n) is 4.25. The summed E-state index contributed by atoms with van der Waals surface area (Å²) in [4.78, 5) is 0. The monoisotopic (exact) mass is 359 g/mol. The molecule has 21 heavy (non-hydrogen) atoms. The van der Waals surface area contributed by atoms with Crippen LogP contribution in [0.1, 0.15) is 13.3 Å². The highest BCUT2D eigenvalue weighted by atomic mass is 19.5. The maximum Gasteiger partial charge on any atom is 0.673 e. The molecule has 0 aromatic heterocycles. The molecule has 0 spiro atoms. The lowest BCUT2D eigenvalue weighted by molar-refractivity contribution is -0.130. The van der Waals surface area contributed by atoms with Crippen molar-refractivity contribution in [2.75, 3.05) is 0 Å². The lowest BCUT2D eigenvalue weighted by atomic mass is 10.3. The SMILES string of the molecule is CCC(F)(F)F.F[B-](F)(F)F.F[B-](F)(F)F.F[B-](F)(F)F. The molecule has 0 saturated carbocycles. The van der Waals surface area contributed by atoms with Crippen LogP contribution in [0.5, 0.6) is 0 Å². The zero-order chi connectivity index (χ0) is 18.7. The van der Waals surface area contributed by atoms with E-state index in [2.05, 4.69) is 0 Å². The van der Waals surface area contributed by atoms with Gasteiger partial charge in [-0.05, 0) is 0 Å². The highest BCUT2D eigenvalue weighted by molar-refractivity contribution is 6.50. The fourth-order valence-electron chi connectivity index (χ4n) is 0. The van der Waals surface area contributed by atoms with Crippen LogP contribution < -0.4 is 0 Å². The standard InChI is InChI=1S/C3H5F3.3BF4/c1-2-3(4,5)6;3*2-1(3,4)5/h2H2,1H3;;;/q;3*-1. The first kappa shape index (κ1) is 28.3. The summed E-state index contributed by atoms with van der Waals surface area (Å²) in [5, 5.41) is 0. The Morgan fingerprint density at radius 3 is 0.571 bits per heavy atom. The molecule has 0 atom stereocenters. The molecule has 0 radical (unpaired) electrons. The second kappa shape index (κ2) is 10.8. The minimum atomic E-state index is -6.00. The zero-order valence-corrected chi connectivity index (χ0v) is 9.61. The lowest BCUT2D eigenvalue weighted by Crippen LogP contribution is -2.02. The van der Waals surface area contributed by atoms with E-state index in [0.717, 1.165) is 6.92 Å². The first-order valence-corrected chi connectivity index (χ1v) is 4.25. The average Bonchev–Trinajstić information content (AvgIpc) is 1.91. The van der Waals surface area contributed by atoms with Gasteiger partial charge in [0.25, 0.3) is 0 Å². The van der Waals surface area contributed by atoms with E-state index in [1.54, 1.807) is 0 Å². The van der Waals surface area contributed by atoms with E-state index in [9.17, 15) is 65.0 Å². The quantitative estimate of drug-likeness (QED) is 0.376. The van der Waals surface area contributed by atoms with E-state index in [4.69, 9.17) is 0 Å². The van der Waals surface area contributed by atoms with Crippen LogP contribution in [-0.2, 0) is 0 Å². The van der Waals surface area contributed by atoms with Crippen LogP contribution in [-0.4, -0.2) is 27.9 Å². The van der Waals surface area contributed by atoms with E-state index in [-0.39, 0.29) is 0 Å². The van der Waals surface area contributed by atoms with Crippen molar-refractivity contribution >= 4 is 21.8 Å². The van der Waals surface area contributed by atoms with Crippen LogP contribution in [0.15, 0.2) is 0 Å². The molecule has 0 aromatic rings. The van der Waals surface area contributed by atoms with Gasteiger partial charge >= 0.3 is 27.9 Å². The van der Waals surface area contributed by atoms with Crippen LogP contribution in [0.4, 0.5) is 65.0 Å². The van der Waals surface area contributed by atoms with Gasteiger partial charge in [-0.15, -0.1) is 0 Å². The highest BCUT2D eigenvalue weighted by Gasteiger charge is 2.22. The molecule has 0 saturated heterocycles. The third-order valence-corrected chi connectivity index (χ3v) is 0.401. The Hall–Kier alpha value is -0.855. The van der Waals surface area contributed by atoms with Gasteiger partial charge in [-0.25, -0.2) is 0 Å². The van der Waals surface area contributed by atoms with Gasteiger partial charge < -0.3 is 51.8 Å². The van der Waals surface area contributed by atoms with Gasteiger partial charge in [-0.1, -0.05) is 6.92 Å². The Kier molecular flexibility index (Phi) is 14.6. The van der Waals surface area contributed by atoms with Gasteiger partial charge in [0.1, 0.15) is 0 Å². The third kappa shape index (κ3) is 1220. The highest BCUT2D eigenvalue weighted by Crippen LogP contribution is 2.17. The van der Waals surface area contributed by atoms with Crippen molar-refractivity contribution in [3.63, 3.8) is 0 Å². The summed E-state index contributed by atoms with van der Waals surface area (Å²) in [6.45, 7) is 1.08. The molecule has 0 aliphatic carbocycles. The number of hydrogen-bond donors (Lipinski definition) is 0. The molecule has 0 aromatic carbocycles. The summed E-state index contributed by atoms with van der Waals surface area (Å²) < 4.78 is 149. The Balaban J connectivity index is -0.0000000921. The van der Waals surface area contributed by atoms with Crippen molar-refractivity contribution in [2.24, 2.45) is 0 Å². The minimum absolute atomic E-state index is 0.729. The van der Waals surface area contributed by atoms with Gasteiger partial charge in [0.05, 0.1) is 0 Å². The summed E-state index contributed by atoms with van der Waals surface area (Å²) in [7, 11) is -18.0. The Morgan fingerprint density at radius 1 is 0.524 bits per heavy atom. The number of alkyl halides is 3. The molecule has 0 bridgehead atoms. The number of rotatable bonds is 0. The van der Waals surface area contributed by atoms with Crippen LogP contribution >= 0.6 is 0 Å². The lowest BCUT2D eigenvalue weighted by Gasteiger charge is -1.96. The topological polar surface area (TPSA) is 0 Å². The predicted molar refractivity (Wildman–Crippen MR) is 46.9 cm³/mol. The zero-order valence-electron chi connectivity index (χ0n) is 9.61. The largest absolute Gasteiger partial charge is 0.673 e. The minimum Gasteiger partial charge on any atom is -0.418 e. The fraction of sp³-hybridized carbons (Fsp3) is 1.00. The summed E-state index contributed by atoms with van der Waals surface area (Å²) >= 11 is 0. The van der Waals surface area contributed by atoms with Crippen LogP contribution in [0.25, 0.3) is 0 Å². The normalized spacial score (nSPS) is 12.0. The smallest absolute Gasteiger partial charge is 0.418 e. The van der Waals surface area contributed by atoms with Crippen molar-refractivity contribution in [1.29, 1.82) is 0 Å². The molecular formula is C3H5B3F15-3. The van der Waals surface area contributed by atoms with Gasteiger partial charge in [-0.2, -0.15) is 13.2 Å². The Morgan fingerprint density at radius 2 is 0.571 bits per heavy atom. The summed E-state index contributed by atoms with van der Waals surface area (Å²) in [5.74, 6) is 0. The molecule has 134 valence electrons. The molecule has 0 rings (SSSR count). The molecule has 0 aliphatic heterocycles. The van der Waals surface area contributed by atoms with Gasteiger partial charge in [0.2, 0.25) is 0 Å². The molecule has 0 aliphatic rings. The van der Waals surface area contributed by atoms with Gasteiger partial charge in [-0.3, -0.25) is 0 Å². The average molecular weight is 358 g/mol. The van der Waals surface area contributed by atoms with Crippen molar-refractivity contribution < 1.29 is 65.0 Å². The van der Waals surface area contributed by atoms with E-state index in [0.29, 0.717) is 0 Å². The summed E-state index contributed by atoms with van der Waals surface area (Å²) in [5.41, 5.74) is 0. The van der Waals surface area contributed by atoms with E-state index >= 15 is 0 Å². The fourth-order valence-corrected chi connectivity index (χ4v) is 0. The number of halogens is 15. The molecular weight excluding hydrogens is 353 g/mol. The molecule has 0 unspecified atom stereocenters. The maximum atomic E-state index is 10.8. The van der Waals surface area contributed by atoms with Crippen LogP contribution in [0, 0.1) is 0 Å². The predicted octanol–water partition coefficient (Wildman–Crippen LogP) is 5.86. The van der Waals surface area contributed by atoms with E-state index in [1.807, 2.05) is 0 Å². The van der Waals surface area contributed by atoms with Crippen LogP contribution in [0.2, 0.25) is 0 Å². The van der Waals surface area contributed by atoms with E-state index in [1.165, 1.54) is 0 Å². The van der Waals surface area contributed by atoms with Crippen molar-refractivity contribution in [3.8, 4) is 0 Å². The van der Waals surface area contributed by atoms with Crippen molar-refractivity contribution in [2.45, 2.75) is 19.5 Å². The maximum absolute atomic E-state index is 10.8. The molecule has 0 N–H and O–H groups in total. The molecule has 0 nitrogen and oxygen atoms in total. The Bertz CT molecular complexity index is 172. The summed E-state index contributed by atoms with van der Waals surface area (Å²) in [6, 6.07) is 0. The first-order chi connectivity index (χ1) is 8.56. The van der Waals surface area contributed by atoms with Crippen molar-refractivity contribution in [3.05, 3.63) is 0 Å². The molecule has 0 amide bonds. The second-order valence-electron chi connectivity index (χ2n) is 2.45.